The number of ketones is 1. The van der Waals surface area contributed by atoms with Gasteiger partial charge in [0.15, 0.2) is 10.9 Å². The summed E-state index contributed by atoms with van der Waals surface area (Å²) in [5.74, 6) is 1.89. The van der Waals surface area contributed by atoms with Crippen LogP contribution in [-0.2, 0) is 6.42 Å². The number of carbonyl (C=O) groups is 1. The normalized spacial score (nSPS) is 11.9. The number of hydrogen-bond donors (Lipinski definition) is 1. The molecule has 8 heteroatoms. The van der Waals surface area contributed by atoms with Crippen LogP contribution in [0.4, 0.5) is 0 Å². The standard InChI is InChI=1S/C24H23N3O3S2/c1-17(28)18-9-11-21(12-10-18)30-15-20(29)16-32-24-26-25-23(14-22-8-5-13-31-22)27(24)19-6-3-2-4-7-19/h2-13,20,29H,14-16H2,1H3. The molecule has 32 heavy (non-hydrogen) atoms. The lowest BCUT2D eigenvalue weighted by Gasteiger charge is -2.13. The molecule has 0 radical (unpaired) electrons. The smallest absolute Gasteiger partial charge is 0.195 e. The molecular formula is C24H23N3O3S2. The van der Waals surface area contributed by atoms with Gasteiger partial charge in [0.05, 0.1) is 6.10 Å². The molecule has 0 aliphatic rings. The molecule has 0 aliphatic heterocycles. The quantitative estimate of drug-likeness (QED) is 0.271. The average molecular weight is 466 g/mol. The van der Waals surface area contributed by atoms with Gasteiger partial charge in [0.25, 0.3) is 0 Å². The van der Waals surface area contributed by atoms with E-state index in [9.17, 15) is 9.90 Å². The molecule has 0 bridgehead atoms. The number of aliphatic hydroxyl groups excluding tert-OH is 1. The average Bonchev–Trinajstić information content (AvgIpc) is 3.47. The third kappa shape index (κ3) is 5.64. The molecule has 4 rings (SSSR count). The molecule has 4 aromatic rings. The maximum atomic E-state index is 11.4. The van der Waals surface area contributed by atoms with Crippen LogP contribution >= 0.6 is 23.1 Å². The van der Waals surface area contributed by atoms with Crippen molar-refractivity contribution in [2.24, 2.45) is 0 Å². The van der Waals surface area contributed by atoms with Crippen LogP contribution in [0, 0.1) is 0 Å². The van der Waals surface area contributed by atoms with E-state index in [-0.39, 0.29) is 12.4 Å². The fourth-order valence-corrected chi connectivity index (χ4v) is 4.69. The van der Waals surface area contributed by atoms with Crippen molar-refractivity contribution in [3.8, 4) is 11.4 Å². The van der Waals surface area contributed by atoms with Crippen molar-refractivity contribution >= 4 is 28.9 Å². The summed E-state index contributed by atoms with van der Waals surface area (Å²) in [4.78, 5) is 12.6. The van der Waals surface area contributed by atoms with Crippen LogP contribution in [0.15, 0.2) is 77.3 Å². The maximum Gasteiger partial charge on any atom is 0.195 e. The highest BCUT2D eigenvalue weighted by molar-refractivity contribution is 7.99. The predicted octanol–water partition coefficient (Wildman–Crippen LogP) is 4.65. The first-order valence-electron chi connectivity index (χ1n) is 10.2. The number of Topliss-reactive ketones (excluding diaryl/α,β-unsaturated/α-hetero) is 1. The van der Waals surface area contributed by atoms with E-state index in [1.807, 2.05) is 41.0 Å². The number of hydrogen-bond acceptors (Lipinski definition) is 7. The third-order valence-corrected chi connectivity index (χ3v) is 6.69. The van der Waals surface area contributed by atoms with Crippen molar-refractivity contribution in [3.63, 3.8) is 0 Å². The van der Waals surface area contributed by atoms with Crippen LogP contribution in [0.2, 0.25) is 0 Å². The predicted molar refractivity (Wildman–Crippen MR) is 127 cm³/mol. The Morgan fingerprint density at radius 3 is 2.56 bits per heavy atom. The Labute approximate surface area is 194 Å². The Hall–Kier alpha value is -2.94. The van der Waals surface area contributed by atoms with Gasteiger partial charge in [-0.2, -0.15) is 0 Å². The molecule has 1 N–H and O–H groups in total. The summed E-state index contributed by atoms with van der Waals surface area (Å²) >= 11 is 3.14. The summed E-state index contributed by atoms with van der Waals surface area (Å²) in [6, 6.07) is 21.0. The number of benzene rings is 2. The van der Waals surface area contributed by atoms with Gasteiger partial charge in [0.2, 0.25) is 0 Å². The number of para-hydroxylation sites is 1. The van der Waals surface area contributed by atoms with Crippen LogP contribution in [0.5, 0.6) is 5.75 Å². The Morgan fingerprint density at radius 2 is 1.88 bits per heavy atom. The van der Waals surface area contributed by atoms with E-state index in [1.165, 1.54) is 23.6 Å². The fourth-order valence-electron chi connectivity index (χ4n) is 3.11. The molecular weight excluding hydrogens is 442 g/mol. The molecule has 0 saturated carbocycles. The summed E-state index contributed by atoms with van der Waals surface area (Å²) in [6.07, 6.45) is 0.0105. The van der Waals surface area contributed by atoms with Gasteiger partial charge in [-0.15, -0.1) is 21.5 Å². The fraction of sp³-hybridized carbons (Fsp3) is 0.208. The zero-order chi connectivity index (χ0) is 22.3. The molecule has 0 saturated heterocycles. The second kappa shape index (κ2) is 10.6. The summed E-state index contributed by atoms with van der Waals surface area (Å²) in [6.45, 7) is 1.67. The highest BCUT2D eigenvalue weighted by atomic mass is 32.2. The third-order valence-electron chi connectivity index (χ3n) is 4.74. The summed E-state index contributed by atoms with van der Waals surface area (Å²) in [5, 5.41) is 22.0. The van der Waals surface area contributed by atoms with E-state index in [2.05, 4.69) is 21.6 Å². The van der Waals surface area contributed by atoms with E-state index in [4.69, 9.17) is 4.74 Å². The molecule has 0 spiro atoms. The minimum Gasteiger partial charge on any atom is -0.491 e. The first-order chi connectivity index (χ1) is 15.6. The highest BCUT2D eigenvalue weighted by Gasteiger charge is 2.17. The maximum absolute atomic E-state index is 11.4. The second-order valence-corrected chi connectivity index (χ2v) is 9.20. The SMILES string of the molecule is CC(=O)c1ccc(OCC(O)CSc2nnc(Cc3cccs3)n2-c2ccccc2)cc1. The second-order valence-electron chi connectivity index (χ2n) is 7.18. The van der Waals surface area contributed by atoms with E-state index in [0.717, 1.165) is 16.7 Å². The number of thiophene rings is 1. The summed E-state index contributed by atoms with van der Waals surface area (Å²) in [5.41, 5.74) is 1.62. The van der Waals surface area contributed by atoms with E-state index in [1.54, 1.807) is 35.6 Å². The largest absolute Gasteiger partial charge is 0.491 e. The zero-order valence-electron chi connectivity index (χ0n) is 17.5. The molecule has 0 fully saturated rings. The Morgan fingerprint density at radius 1 is 1.09 bits per heavy atom. The van der Waals surface area contributed by atoms with E-state index in [0.29, 0.717) is 23.5 Å². The molecule has 164 valence electrons. The Balaban J connectivity index is 1.41. The van der Waals surface area contributed by atoms with Gasteiger partial charge in [-0.3, -0.25) is 9.36 Å². The monoisotopic (exact) mass is 465 g/mol. The molecule has 2 aromatic heterocycles. The molecule has 0 amide bonds. The first-order valence-corrected chi connectivity index (χ1v) is 12.0. The van der Waals surface area contributed by atoms with Gasteiger partial charge < -0.3 is 9.84 Å². The van der Waals surface area contributed by atoms with Crippen LogP contribution in [0.3, 0.4) is 0 Å². The van der Waals surface area contributed by atoms with Gasteiger partial charge in [0, 0.05) is 28.3 Å². The van der Waals surface area contributed by atoms with Gasteiger partial charge in [0.1, 0.15) is 18.2 Å². The van der Waals surface area contributed by atoms with Crippen LogP contribution < -0.4 is 4.74 Å². The molecule has 2 aromatic carbocycles. The highest BCUT2D eigenvalue weighted by Crippen LogP contribution is 2.25. The van der Waals surface area contributed by atoms with Gasteiger partial charge in [-0.05, 0) is 54.8 Å². The molecule has 2 heterocycles. The minimum absolute atomic E-state index is 0.00830. The molecule has 0 aliphatic carbocycles. The van der Waals surface area contributed by atoms with Crippen molar-refractivity contribution in [2.75, 3.05) is 12.4 Å². The lowest BCUT2D eigenvalue weighted by Crippen LogP contribution is -2.20. The number of aliphatic hydroxyl groups is 1. The van der Waals surface area contributed by atoms with Gasteiger partial charge >= 0.3 is 0 Å². The molecule has 1 atom stereocenters. The van der Waals surface area contributed by atoms with Crippen LogP contribution in [-0.4, -0.2) is 44.1 Å². The van der Waals surface area contributed by atoms with E-state index < -0.39 is 6.10 Å². The van der Waals surface area contributed by atoms with Crippen molar-refractivity contribution in [2.45, 2.75) is 24.6 Å². The Kier molecular flexibility index (Phi) is 7.36. The number of carbonyl (C=O) groups excluding carboxylic acids is 1. The van der Waals surface area contributed by atoms with Gasteiger partial charge in [-0.25, -0.2) is 0 Å². The lowest BCUT2D eigenvalue weighted by molar-refractivity contribution is 0.101. The van der Waals surface area contributed by atoms with E-state index >= 15 is 0 Å². The summed E-state index contributed by atoms with van der Waals surface area (Å²) in [7, 11) is 0. The number of ether oxygens (including phenoxy) is 1. The first kappa shape index (κ1) is 22.3. The Bertz CT molecular complexity index is 1140. The van der Waals surface area contributed by atoms with Crippen molar-refractivity contribution in [1.29, 1.82) is 0 Å². The van der Waals surface area contributed by atoms with Gasteiger partial charge in [-0.1, -0.05) is 36.0 Å². The summed E-state index contributed by atoms with van der Waals surface area (Å²) < 4.78 is 7.71. The van der Waals surface area contributed by atoms with Crippen molar-refractivity contribution in [3.05, 3.63) is 88.4 Å². The molecule has 1 unspecified atom stereocenters. The minimum atomic E-state index is -0.686. The topological polar surface area (TPSA) is 77.2 Å². The molecule has 6 nitrogen and oxygen atoms in total. The number of thioether (sulfide) groups is 1. The van der Waals surface area contributed by atoms with Crippen LogP contribution in [0.25, 0.3) is 5.69 Å². The number of rotatable bonds is 10. The van der Waals surface area contributed by atoms with Crippen LogP contribution in [0.1, 0.15) is 28.0 Å². The van der Waals surface area contributed by atoms with Crippen molar-refractivity contribution < 1.29 is 14.6 Å². The van der Waals surface area contributed by atoms with Crippen molar-refractivity contribution in [1.82, 2.24) is 14.8 Å². The number of nitrogens with zero attached hydrogens (tertiary/aromatic N) is 3. The number of aromatic nitrogens is 3. The lowest BCUT2D eigenvalue weighted by atomic mass is 10.1. The zero-order valence-corrected chi connectivity index (χ0v) is 19.2.